The molecule has 1 aromatic rings. The minimum absolute atomic E-state index is 0.0796. The molecule has 1 atom stereocenters. The minimum atomic E-state index is -0.791. The Kier molecular flexibility index (Phi) is 6.75. The van der Waals surface area contributed by atoms with Gasteiger partial charge in [-0.3, -0.25) is 19.2 Å². The van der Waals surface area contributed by atoms with Crippen molar-refractivity contribution >= 4 is 23.5 Å². The number of hydrogen-bond acceptors (Lipinski definition) is 4. The molecule has 22 heavy (non-hydrogen) atoms. The molecule has 0 aliphatic rings. The lowest BCUT2D eigenvalue weighted by Crippen LogP contribution is -2.48. The first kappa shape index (κ1) is 17.4. The Hall–Kier alpha value is -2.70. The summed E-state index contributed by atoms with van der Waals surface area (Å²) in [6, 6.07) is 7.69. The van der Waals surface area contributed by atoms with Gasteiger partial charge in [0.05, 0.1) is 13.1 Å². The molecule has 0 aliphatic heterocycles. The monoisotopic (exact) mass is 305 g/mol. The molecule has 0 saturated carbocycles. The van der Waals surface area contributed by atoms with Crippen molar-refractivity contribution in [1.82, 2.24) is 16.0 Å². The van der Waals surface area contributed by atoms with E-state index in [4.69, 9.17) is 0 Å². The summed E-state index contributed by atoms with van der Waals surface area (Å²) in [5.74, 6) is -1.50. The standard InChI is InChI=1S/C15H19N3O4/c1-10(19)8-16-14(21)11(2)18-13(20)9-17-15(22)12-6-4-3-5-7-12/h3-7,11H,8-9H2,1-2H3,(H,16,21)(H,17,22)(H,18,20)/t11-/m0/s1. The summed E-state index contributed by atoms with van der Waals surface area (Å²) in [6.07, 6.45) is 0. The van der Waals surface area contributed by atoms with Crippen molar-refractivity contribution in [3.05, 3.63) is 35.9 Å². The van der Waals surface area contributed by atoms with Crippen LogP contribution in [0.4, 0.5) is 0 Å². The van der Waals surface area contributed by atoms with Crippen LogP contribution in [0.2, 0.25) is 0 Å². The highest BCUT2D eigenvalue weighted by Gasteiger charge is 2.16. The van der Waals surface area contributed by atoms with Crippen molar-refractivity contribution in [3.63, 3.8) is 0 Å². The van der Waals surface area contributed by atoms with Gasteiger partial charge in [0, 0.05) is 5.56 Å². The summed E-state index contributed by atoms with van der Waals surface area (Å²) in [6.45, 7) is 2.52. The first-order chi connectivity index (χ1) is 10.4. The quantitative estimate of drug-likeness (QED) is 0.639. The second-order valence-corrected chi connectivity index (χ2v) is 4.76. The smallest absolute Gasteiger partial charge is 0.251 e. The fourth-order valence-electron chi connectivity index (χ4n) is 1.57. The Balaban J connectivity index is 2.35. The Bertz CT molecular complexity index is 557. The highest BCUT2D eigenvalue weighted by atomic mass is 16.2. The molecular formula is C15H19N3O4. The van der Waals surface area contributed by atoms with Crippen molar-refractivity contribution in [2.45, 2.75) is 19.9 Å². The molecule has 7 heteroatoms. The molecule has 3 amide bonds. The second-order valence-electron chi connectivity index (χ2n) is 4.76. The van der Waals surface area contributed by atoms with Gasteiger partial charge in [0.1, 0.15) is 11.8 Å². The first-order valence-electron chi connectivity index (χ1n) is 6.80. The summed E-state index contributed by atoms with van der Waals surface area (Å²) in [5.41, 5.74) is 0.447. The van der Waals surface area contributed by atoms with Gasteiger partial charge in [-0.15, -0.1) is 0 Å². The predicted molar refractivity (Wildman–Crippen MR) is 80.1 cm³/mol. The molecule has 0 fully saturated rings. The van der Waals surface area contributed by atoms with Crippen molar-refractivity contribution in [2.24, 2.45) is 0 Å². The number of carbonyl (C=O) groups excluding carboxylic acids is 4. The van der Waals surface area contributed by atoms with Crippen LogP contribution < -0.4 is 16.0 Å². The molecule has 0 aliphatic carbocycles. The summed E-state index contributed by atoms with van der Waals surface area (Å²) in [4.78, 5) is 45.7. The summed E-state index contributed by atoms with van der Waals surface area (Å²) < 4.78 is 0. The Morgan fingerprint density at radius 2 is 1.64 bits per heavy atom. The van der Waals surface area contributed by atoms with Crippen LogP contribution in [-0.2, 0) is 14.4 Å². The predicted octanol–water partition coefficient (Wildman–Crippen LogP) is -0.374. The maximum atomic E-state index is 11.7. The van der Waals surface area contributed by atoms with Crippen LogP contribution in [0.5, 0.6) is 0 Å². The second kappa shape index (κ2) is 8.56. The first-order valence-corrected chi connectivity index (χ1v) is 6.80. The Morgan fingerprint density at radius 3 is 2.23 bits per heavy atom. The largest absolute Gasteiger partial charge is 0.347 e. The van der Waals surface area contributed by atoms with Crippen molar-refractivity contribution in [2.75, 3.05) is 13.1 Å². The van der Waals surface area contributed by atoms with Crippen molar-refractivity contribution in [3.8, 4) is 0 Å². The maximum Gasteiger partial charge on any atom is 0.251 e. The van der Waals surface area contributed by atoms with E-state index < -0.39 is 17.9 Å². The van der Waals surface area contributed by atoms with E-state index in [0.717, 1.165) is 0 Å². The third-order valence-corrected chi connectivity index (χ3v) is 2.73. The average Bonchev–Trinajstić information content (AvgIpc) is 2.50. The van der Waals surface area contributed by atoms with E-state index in [9.17, 15) is 19.2 Å². The number of rotatable bonds is 7. The minimum Gasteiger partial charge on any atom is -0.347 e. The molecule has 3 N–H and O–H groups in total. The Labute approximate surface area is 128 Å². The van der Waals surface area contributed by atoms with E-state index in [0.29, 0.717) is 5.56 Å². The number of carbonyl (C=O) groups is 4. The van der Waals surface area contributed by atoms with Gasteiger partial charge < -0.3 is 16.0 Å². The molecule has 0 unspecified atom stereocenters. The van der Waals surface area contributed by atoms with Gasteiger partial charge in [0.25, 0.3) is 5.91 Å². The molecule has 1 aromatic carbocycles. The van der Waals surface area contributed by atoms with Crippen LogP contribution in [0.15, 0.2) is 30.3 Å². The number of benzene rings is 1. The molecule has 0 bridgehead atoms. The summed E-state index contributed by atoms with van der Waals surface area (Å²) in [5, 5.41) is 7.28. The zero-order chi connectivity index (χ0) is 16.5. The molecule has 0 saturated heterocycles. The van der Waals surface area contributed by atoms with E-state index in [1.165, 1.54) is 13.8 Å². The molecule has 0 radical (unpaired) electrons. The van der Waals surface area contributed by atoms with Crippen LogP contribution in [0.3, 0.4) is 0 Å². The van der Waals surface area contributed by atoms with Gasteiger partial charge in [-0.05, 0) is 26.0 Å². The zero-order valence-electron chi connectivity index (χ0n) is 12.5. The van der Waals surface area contributed by atoms with E-state index in [1.807, 2.05) is 0 Å². The van der Waals surface area contributed by atoms with Crippen LogP contribution in [-0.4, -0.2) is 42.6 Å². The van der Waals surface area contributed by atoms with Crippen LogP contribution in [0.1, 0.15) is 24.2 Å². The number of hydrogen-bond donors (Lipinski definition) is 3. The Morgan fingerprint density at radius 1 is 1.00 bits per heavy atom. The van der Waals surface area contributed by atoms with Gasteiger partial charge in [0.2, 0.25) is 11.8 Å². The normalized spacial score (nSPS) is 11.2. The molecule has 0 heterocycles. The fourth-order valence-corrected chi connectivity index (χ4v) is 1.57. The highest BCUT2D eigenvalue weighted by Crippen LogP contribution is 1.97. The molecular weight excluding hydrogens is 286 g/mol. The molecule has 7 nitrogen and oxygen atoms in total. The molecule has 118 valence electrons. The lowest BCUT2D eigenvalue weighted by molar-refractivity contribution is -0.129. The fraction of sp³-hybridized carbons (Fsp3) is 0.333. The van der Waals surface area contributed by atoms with Gasteiger partial charge in [-0.1, -0.05) is 18.2 Å². The van der Waals surface area contributed by atoms with Gasteiger partial charge >= 0.3 is 0 Å². The van der Waals surface area contributed by atoms with Crippen LogP contribution in [0.25, 0.3) is 0 Å². The van der Waals surface area contributed by atoms with Crippen molar-refractivity contribution in [1.29, 1.82) is 0 Å². The van der Waals surface area contributed by atoms with Crippen molar-refractivity contribution < 1.29 is 19.2 Å². The number of Topliss-reactive ketones (excluding diaryl/α,β-unsaturated/α-hetero) is 1. The lowest BCUT2D eigenvalue weighted by Gasteiger charge is -2.13. The van der Waals surface area contributed by atoms with Crippen LogP contribution >= 0.6 is 0 Å². The average molecular weight is 305 g/mol. The number of amides is 3. The third kappa shape index (κ3) is 6.17. The van der Waals surface area contributed by atoms with Gasteiger partial charge in [0.15, 0.2) is 0 Å². The van der Waals surface area contributed by atoms with Gasteiger partial charge in [-0.2, -0.15) is 0 Å². The van der Waals surface area contributed by atoms with E-state index in [2.05, 4.69) is 16.0 Å². The van der Waals surface area contributed by atoms with Crippen LogP contribution in [0, 0.1) is 0 Å². The SMILES string of the molecule is CC(=O)CNC(=O)[C@H](C)NC(=O)CNC(=O)c1ccccc1. The zero-order valence-corrected chi connectivity index (χ0v) is 12.5. The molecule has 0 spiro atoms. The molecule has 1 rings (SSSR count). The summed E-state index contributed by atoms with van der Waals surface area (Å²) in [7, 11) is 0. The van der Waals surface area contributed by atoms with E-state index in [1.54, 1.807) is 30.3 Å². The lowest BCUT2D eigenvalue weighted by atomic mass is 10.2. The highest BCUT2D eigenvalue weighted by molar-refractivity contribution is 5.97. The topological polar surface area (TPSA) is 104 Å². The maximum absolute atomic E-state index is 11.7. The van der Waals surface area contributed by atoms with Gasteiger partial charge in [-0.25, -0.2) is 0 Å². The van der Waals surface area contributed by atoms with E-state index in [-0.39, 0.29) is 24.8 Å². The number of ketones is 1. The molecule has 0 aromatic heterocycles. The summed E-state index contributed by atoms with van der Waals surface area (Å²) >= 11 is 0. The number of nitrogens with one attached hydrogen (secondary N) is 3. The van der Waals surface area contributed by atoms with E-state index >= 15 is 0 Å². The third-order valence-electron chi connectivity index (χ3n) is 2.73.